The van der Waals surface area contributed by atoms with Crippen LogP contribution in [0.3, 0.4) is 0 Å². The van der Waals surface area contributed by atoms with Crippen molar-refractivity contribution in [3.05, 3.63) is 108 Å². The topological polar surface area (TPSA) is 32.8 Å². The van der Waals surface area contributed by atoms with Crippen molar-refractivity contribution in [1.82, 2.24) is 9.80 Å². The number of nitrogens with zero attached hydrogens (tertiary/aromatic N) is 2. The molecule has 36 heavy (non-hydrogen) atoms. The molecule has 0 aliphatic carbocycles. The Morgan fingerprint density at radius 2 is 1.33 bits per heavy atom. The van der Waals surface area contributed by atoms with Gasteiger partial charge in [-0.2, -0.15) is 0 Å². The van der Waals surface area contributed by atoms with Crippen LogP contribution in [0.15, 0.2) is 91.0 Å². The molecular formula is C32H38N2O2. The molecule has 2 fully saturated rings. The van der Waals surface area contributed by atoms with E-state index in [9.17, 15) is 4.79 Å². The second-order valence-corrected chi connectivity index (χ2v) is 11.3. The molecule has 4 nitrogen and oxygen atoms in total. The van der Waals surface area contributed by atoms with Gasteiger partial charge in [0.05, 0.1) is 11.1 Å². The van der Waals surface area contributed by atoms with Crippen LogP contribution >= 0.6 is 0 Å². The van der Waals surface area contributed by atoms with Gasteiger partial charge in [0.2, 0.25) is 0 Å². The van der Waals surface area contributed by atoms with Crippen LogP contribution in [0.25, 0.3) is 0 Å². The molecule has 2 aliphatic rings. The highest BCUT2D eigenvalue weighted by molar-refractivity contribution is 5.71. The molecule has 0 aromatic heterocycles. The number of piperazine rings is 1. The van der Waals surface area contributed by atoms with Gasteiger partial charge in [-0.15, -0.1) is 0 Å². The Kier molecular flexibility index (Phi) is 6.42. The van der Waals surface area contributed by atoms with E-state index in [4.69, 9.17) is 4.74 Å². The number of benzene rings is 3. The lowest BCUT2D eigenvalue weighted by molar-refractivity contribution is -0.0502. The first kappa shape index (κ1) is 24.6. The average Bonchev–Trinajstić information content (AvgIpc) is 3.13. The maximum Gasteiger partial charge on any atom is 0.411 e. The maximum absolute atomic E-state index is 13.5. The highest BCUT2D eigenvalue weighted by Gasteiger charge is 2.57. The second-order valence-electron chi connectivity index (χ2n) is 11.3. The summed E-state index contributed by atoms with van der Waals surface area (Å²) >= 11 is 0. The molecule has 0 N–H and O–H groups in total. The first-order chi connectivity index (χ1) is 17.3. The summed E-state index contributed by atoms with van der Waals surface area (Å²) in [6, 6.07) is 32.7. The van der Waals surface area contributed by atoms with Gasteiger partial charge >= 0.3 is 6.09 Å². The molecule has 2 saturated heterocycles. The third-order valence-corrected chi connectivity index (χ3v) is 8.03. The number of rotatable bonds is 5. The zero-order valence-corrected chi connectivity index (χ0v) is 22.0. The van der Waals surface area contributed by atoms with Crippen molar-refractivity contribution in [1.29, 1.82) is 0 Å². The Morgan fingerprint density at radius 3 is 1.75 bits per heavy atom. The summed E-state index contributed by atoms with van der Waals surface area (Å²) in [7, 11) is 0. The fourth-order valence-electron chi connectivity index (χ4n) is 6.53. The van der Waals surface area contributed by atoms with Crippen molar-refractivity contribution in [2.24, 2.45) is 0 Å². The number of hydrogen-bond acceptors (Lipinski definition) is 3. The summed E-state index contributed by atoms with van der Waals surface area (Å²) in [6.45, 7) is 9.66. The van der Waals surface area contributed by atoms with E-state index in [1.807, 2.05) is 20.8 Å². The van der Waals surface area contributed by atoms with Gasteiger partial charge in [0, 0.05) is 19.1 Å². The van der Waals surface area contributed by atoms with E-state index in [1.54, 1.807) is 0 Å². The summed E-state index contributed by atoms with van der Waals surface area (Å²) in [5, 5.41) is 0. The molecule has 5 rings (SSSR count). The quantitative estimate of drug-likeness (QED) is 0.373. The van der Waals surface area contributed by atoms with Crippen molar-refractivity contribution in [3.8, 4) is 0 Å². The van der Waals surface area contributed by atoms with Crippen LogP contribution in [0.5, 0.6) is 0 Å². The molecule has 0 radical (unpaired) electrons. The standard InChI is InChI=1S/C32H38N2O2/c1-5-31-22-21-28(34(31)29(35)36-30(2,3)4)23-33(24-31)32(25-15-9-6-10-16-25,26-17-11-7-12-18-26)27-19-13-8-14-20-27/h6-20,28H,5,21-24H2,1-4H3/t28-,31+/m0/s1. The first-order valence-corrected chi connectivity index (χ1v) is 13.2. The Hall–Kier alpha value is -3.11. The third-order valence-electron chi connectivity index (χ3n) is 8.03. The predicted molar refractivity (Wildman–Crippen MR) is 145 cm³/mol. The lowest BCUT2D eigenvalue weighted by atomic mass is 9.74. The van der Waals surface area contributed by atoms with E-state index < -0.39 is 11.1 Å². The van der Waals surface area contributed by atoms with Gasteiger partial charge in [0.15, 0.2) is 0 Å². The fourth-order valence-corrected chi connectivity index (χ4v) is 6.53. The van der Waals surface area contributed by atoms with Gasteiger partial charge in [-0.1, -0.05) is 97.9 Å². The molecule has 2 aliphatic heterocycles. The van der Waals surface area contributed by atoms with Crippen LogP contribution < -0.4 is 0 Å². The summed E-state index contributed by atoms with van der Waals surface area (Å²) in [6.07, 6.45) is 2.72. The lowest BCUT2D eigenvalue weighted by Crippen LogP contribution is -2.67. The average molecular weight is 483 g/mol. The molecule has 1 amide bonds. The van der Waals surface area contributed by atoms with E-state index in [0.717, 1.165) is 32.4 Å². The number of carbonyl (C=O) groups is 1. The summed E-state index contributed by atoms with van der Waals surface area (Å²) in [4.78, 5) is 18.2. The van der Waals surface area contributed by atoms with E-state index >= 15 is 0 Å². The summed E-state index contributed by atoms with van der Waals surface area (Å²) < 4.78 is 5.93. The summed E-state index contributed by atoms with van der Waals surface area (Å²) in [5.41, 5.74) is 2.52. The van der Waals surface area contributed by atoms with E-state index in [-0.39, 0.29) is 17.7 Å². The monoisotopic (exact) mass is 482 g/mol. The molecule has 0 unspecified atom stereocenters. The van der Waals surface area contributed by atoms with Crippen LogP contribution in [0.4, 0.5) is 4.79 Å². The van der Waals surface area contributed by atoms with Gasteiger partial charge in [0.25, 0.3) is 0 Å². The number of ether oxygens (including phenoxy) is 1. The summed E-state index contributed by atoms with van der Waals surface area (Å²) in [5.74, 6) is 0. The van der Waals surface area contributed by atoms with Gasteiger partial charge in [-0.3, -0.25) is 9.80 Å². The smallest absolute Gasteiger partial charge is 0.411 e. The molecular weight excluding hydrogens is 444 g/mol. The molecule has 3 aromatic rings. The van der Waals surface area contributed by atoms with E-state index in [0.29, 0.717) is 0 Å². The number of amides is 1. The van der Waals surface area contributed by atoms with Gasteiger partial charge in [0.1, 0.15) is 5.60 Å². The van der Waals surface area contributed by atoms with Crippen molar-refractivity contribution in [3.63, 3.8) is 0 Å². The van der Waals surface area contributed by atoms with Crippen LogP contribution in [0.2, 0.25) is 0 Å². The minimum atomic E-state index is -0.509. The molecule has 2 atom stereocenters. The van der Waals surface area contributed by atoms with Crippen molar-refractivity contribution >= 4 is 6.09 Å². The Morgan fingerprint density at radius 1 is 0.861 bits per heavy atom. The van der Waals surface area contributed by atoms with Crippen LogP contribution in [-0.2, 0) is 10.3 Å². The highest BCUT2D eigenvalue weighted by atomic mass is 16.6. The SMILES string of the molecule is CC[C@@]12CC[C@@H](CN(C(c3ccccc3)(c3ccccc3)c3ccccc3)C1)N2C(=O)OC(C)(C)C. The van der Waals surface area contributed by atoms with Gasteiger partial charge in [-0.05, 0) is 56.7 Å². The van der Waals surface area contributed by atoms with Crippen LogP contribution in [-0.4, -0.2) is 46.2 Å². The number of carbonyl (C=O) groups excluding carboxylic acids is 1. The first-order valence-electron chi connectivity index (χ1n) is 13.2. The van der Waals surface area contributed by atoms with Crippen LogP contribution in [0.1, 0.15) is 63.6 Å². The number of likely N-dealkylation sites (tertiary alicyclic amines) is 1. The van der Waals surface area contributed by atoms with Gasteiger partial charge in [-0.25, -0.2) is 4.79 Å². The van der Waals surface area contributed by atoms with Gasteiger partial charge < -0.3 is 4.74 Å². The van der Waals surface area contributed by atoms with Crippen molar-refractivity contribution in [2.45, 2.75) is 69.7 Å². The molecule has 2 bridgehead atoms. The maximum atomic E-state index is 13.5. The molecule has 0 spiro atoms. The minimum absolute atomic E-state index is 0.115. The number of hydrogen-bond donors (Lipinski definition) is 0. The molecule has 0 saturated carbocycles. The molecule has 188 valence electrons. The predicted octanol–water partition coefficient (Wildman–Crippen LogP) is 6.84. The fraction of sp³-hybridized carbons (Fsp3) is 0.406. The Bertz CT molecular complexity index is 1080. The molecule has 2 heterocycles. The third kappa shape index (κ3) is 4.12. The van der Waals surface area contributed by atoms with Crippen LogP contribution in [0, 0.1) is 0 Å². The Balaban J connectivity index is 1.67. The van der Waals surface area contributed by atoms with Crippen molar-refractivity contribution < 1.29 is 9.53 Å². The molecule has 3 aromatic carbocycles. The van der Waals surface area contributed by atoms with Crippen molar-refractivity contribution in [2.75, 3.05) is 13.1 Å². The molecule has 4 heteroatoms. The number of fused-ring (bicyclic) bond motifs is 2. The largest absolute Gasteiger partial charge is 0.444 e. The second kappa shape index (κ2) is 9.40. The van der Waals surface area contributed by atoms with E-state index in [1.165, 1.54) is 16.7 Å². The Labute approximate surface area is 215 Å². The minimum Gasteiger partial charge on any atom is -0.444 e. The normalized spacial score (nSPS) is 22.4. The van der Waals surface area contributed by atoms with E-state index in [2.05, 4.69) is 108 Å². The zero-order valence-electron chi connectivity index (χ0n) is 22.0. The highest BCUT2D eigenvalue weighted by Crippen LogP contribution is 2.50. The zero-order chi connectivity index (χ0) is 25.4. The lowest BCUT2D eigenvalue weighted by Gasteiger charge is -2.55.